The van der Waals surface area contributed by atoms with Crippen molar-refractivity contribution in [3.05, 3.63) is 50.9 Å². The summed E-state index contributed by atoms with van der Waals surface area (Å²) in [5.41, 5.74) is 7.28. The second-order valence-electron chi connectivity index (χ2n) is 3.98. The molecule has 2 aromatic carbocycles. The molecule has 0 aromatic heterocycles. The zero-order chi connectivity index (χ0) is 14.7. The van der Waals surface area contributed by atoms with Gasteiger partial charge in [0.2, 0.25) is 0 Å². The summed E-state index contributed by atoms with van der Waals surface area (Å²) >= 11 is 15.0. The molecule has 0 spiro atoms. The highest BCUT2D eigenvalue weighted by Gasteiger charge is 2.07. The fourth-order valence-corrected chi connectivity index (χ4v) is 2.42. The highest BCUT2D eigenvalue weighted by Crippen LogP contribution is 2.26. The van der Waals surface area contributed by atoms with Crippen LogP contribution in [0.25, 0.3) is 0 Å². The van der Waals surface area contributed by atoms with E-state index in [1.807, 2.05) is 0 Å². The number of carbonyl (C=O) groups is 1. The van der Waals surface area contributed by atoms with Gasteiger partial charge in [0.05, 0.1) is 5.69 Å². The van der Waals surface area contributed by atoms with Crippen molar-refractivity contribution in [1.82, 2.24) is 0 Å². The van der Waals surface area contributed by atoms with Crippen molar-refractivity contribution in [2.24, 2.45) is 0 Å². The summed E-state index contributed by atoms with van der Waals surface area (Å²) in [6, 6.07) is 9.48. The average molecular weight is 375 g/mol. The van der Waals surface area contributed by atoms with Crippen LogP contribution in [0.2, 0.25) is 10.0 Å². The molecular weight excluding hydrogens is 365 g/mol. The summed E-state index contributed by atoms with van der Waals surface area (Å²) in [5, 5.41) is 6.20. The minimum atomic E-state index is -0.422. The second kappa shape index (κ2) is 6.35. The topological polar surface area (TPSA) is 67.1 Å². The first-order valence-electron chi connectivity index (χ1n) is 5.53. The van der Waals surface area contributed by atoms with E-state index in [-0.39, 0.29) is 0 Å². The number of amides is 2. The SMILES string of the molecule is Nc1ccc(Br)c(NC(=O)Nc2cc(Cl)cc(Cl)c2)c1. The lowest BCUT2D eigenvalue weighted by Gasteiger charge is -2.10. The number of nitrogens with two attached hydrogens (primary N) is 1. The maximum Gasteiger partial charge on any atom is 0.323 e. The van der Waals surface area contributed by atoms with Gasteiger partial charge in [-0.1, -0.05) is 23.2 Å². The maximum absolute atomic E-state index is 11.9. The fourth-order valence-electron chi connectivity index (χ4n) is 1.55. The van der Waals surface area contributed by atoms with Crippen LogP contribution in [0.1, 0.15) is 0 Å². The number of carbonyl (C=O) groups excluding carboxylic acids is 1. The Labute approximate surface area is 134 Å². The van der Waals surface area contributed by atoms with Crippen LogP contribution in [-0.4, -0.2) is 6.03 Å². The minimum absolute atomic E-state index is 0.422. The maximum atomic E-state index is 11.9. The first-order valence-corrected chi connectivity index (χ1v) is 7.08. The van der Waals surface area contributed by atoms with Gasteiger partial charge in [0.15, 0.2) is 0 Å². The number of nitrogen functional groups attached to an aromatic ring is 1. The Hall–Kier alpha value is -1.43. The van der Waals surface area contributed by atoms with E-state index in [1.54, 1.807) is 36.4 Å². The van der Waals surface area contributed by atoms with E-state index in [0.29, 0.717) is 27.1 Å². The molecule has 2 amide bonds. The van der Waals surface area contributed by atoms with E-state index in [1.165, 1.54) is 0 Å². The number of benzene rings is 2. The van der Waals surface area contributed by atoms with E-state index in [4.69, 9.17) is 28.9 Å². The molecule has 0 fully saturated rings. The van der Waals surface area contributed by atoms with Crippen molar-refractivity contribution in [3.63, 3.8) is 0 Å². The Balaban J connectivity index is 2.11. The first kappa shape index (κ1) is 15.0. The van der Waals surface area contributed by atoms with Crippen molar-refractivity contribution in [2.75, 3.05) is 16.4 Å². The van der Waals surface area contributed by atoms with Crippen LogP contribution < -0.4 is 16.4 Å². The van der Waals surface area contributed by atoms with Gasteiger partial charge in [0.1, 0.15) is 0 Å². The van der Waals surface area contributed by atoms with E-state index in [0.717, 1.165) is 4.47 Å². The van der Waals surface area contributed by atoms with E-state index < -0.39 is 6.03 Å². The third-order valence-corrected chi connectivity index (χ3v) is 3.49. The molecule has 104 valence electrons. The number of hydrogen-bond acceptors (Lipinski definition) is 2. The van der Waals surface area contributed by atoms with Gasteiger partial charge in [-0.2, -0.15) is 0 Å². The molecule has 4 N–H and O–H groups in total. The Bertz CT molecular complexity index is 644. The number of nitrogens with one attached hydrogen (secondary N) is 2. The smallest absolute Gasteiger partial charge is 0.323 e. The molecule has 20 heavy (non-hydrogen) atoms. The van der Waals surface area contributed by atoms with Gasteiger partial charge < -0.3 is 16.4 Å². The molecule has 0 atom stereocenters. The zero-order valence-electron chi connectivity index (χ0n) is 10.1. The van der Waals surface area contributed by atoms with Gasteiger partial charge in [-0.3, -0.25) is 0 Å². The van der Waals surface area contributed by atoms with Gasteiger partial charge in [0.25, 0.3) is 0 Å². The number of anilines is 3. The predicted octanol–water partition coefficient (Wildman–Crippen LogP) is 4.98. The first-order chi connectivity index (χ1) is 9.44. The zero-order valence-corrected chi connectivity index (χ0v) is 13.2. The van der Waals surface area contributed by atoms with Crippen LogP contribution in [0.3, 0.4) is 0 Å². The number of rotatable bonds is 2. The molecule has 0 radical (unpaired) electrons. The minimum Gasteiger partial charge on any atom is -0.399 e. The molecule has 2 rings (SSSR count). The van der Waals surface area contributed by atoms with Crippen LogP contribution in [0.4, 0.5) is 21.9 Å². The molecule has 2 aromatic rings. The third kappa shape index (κ3) is 4.03. The lowest BCUT2D eigenvalue weighted by atomic mass is 10.3. The third-order valence-electron chi connectivity index (χ3n) is 2.36. The van der Waals surface area contributed by atoms with Gasteiger partial charge in [-0.25, -0.2) is 4.79 Å². The molecule has 0 aliphatic carbocycles. The Morgan fingerprint density at radius 2 is 1.70 bits per heavy atom. The Morgan fingerprint density at radius 1 is 1.05 bits per heavy atom. The molecular formula is C13H10BrCl2N3O. The van der Waals surface area contributed by atoms with Crippen LogP contribution in [0, 0.1) is 0 Å². The van der Waals surface area contributed by atoms with Crippen LogP contribution in [0.5, 0.6) is 0 Å². The standard InChI is InChI=1S/C13H10BrCl2N3O/c14-11-2-1-9(17)6-12(11)19-13(20)18-10-4-7(15)3-8(16)5-10/h1-6H,17H2,(H2,18,19,20). The highest BCUT2D eigenvalue weighted by atomic mass is 79.9. The second-order valence-corrected chi connectivity index (χ2v) is 5.70. The lowest BCUT2D eigenvalue weighted by Crippen LogP contribution is -2.19. The molecule has 0 aliphatic rings. The van der Waals surface area contributed by atoms with E-state index >= 15 is 0 Å². The van der Waals surface area contributed by atoms with Crippen molar-refractivity contribution in [3.8, 4) is 0 Å². The summed E-state index contributed by atoms with van der Waals surface area (Å²) < 4.78 is 0.728. The van der Waals surface area contributed by atoms with Gasteiger partial charge >= 0.3 is 6.03 Å². The van der Waals surface area contributed by atoms with E-state index in [2.05, 4.69) is 26.6 Å². The van der Waals surface area contributed by atoms with Crippen molar-refractivity contribution >= 4 is 62.2 Å². The molecule has 0 saturated heterocycles. The normalized spacial score (nSPS) is 10.2. The molecule has 4 nitrogen and oxygen atoms in total. The van der Waals surface area contributed by atoms with Crippen LogP contribution in [-0.2, 0) is 0 Å². The molecule has 0 aliphatic heterocycles. The molecule has 0 bridgehead atoms. The molecule has 0 unspecified atom stereocenters. The van der Waals surface area contributed by atoms with Gasteiger partial charge in [-0.05, 0) is 52.3 Å². The summed E-state index contributed by atoms with van der Waals surface area (Å²) in [4.78, 5) is 11.9. The Kier molecular flexibility index (Phi) is 4.75. The van der Waals surface area contributed by atoms with Crippen LogP contribution in [0.15, 0.2) is 40.9 Å². The number of urea groups is 1. The largest absolute Gasteiger partial charge is 0.399 e. The van der Waals surface area contributed by atoms with Crippen LogP contribution >= 0.6 is 39.1 Å². The molecule has 0 heterocycles. The van der Waals surface area contributed by atoms with Crippen molar-refractivity contribution in [2.45, 2.75) is 0 Å². The number of halogens is 3. The monoisotopic (exact) mass is 373 g/mol. The number of hydrogen-bond donors (Lipinski definition) is 3. The predicted molar refractivity (Wildman–Crippen MR) is 87.7 cm³/mol. The molecule has 7 heteroatoms. The van der Waals surface area contributed by atoms with Gasteiger partial charge in [0, 0.05) is 25.9 Å². The summed E-state index contributed by atoms with van der Waals surface area (Å²) in [5.74, 6) is 0. The summed E-state index contributed by atoms with van der Waals surface area (Å²) in [6.45, 7) is 0. The van der Waals surface area contributed by atoms with Crippen molar-refractivity contribution < 1.29 is 4.79 Å². The summed E-state index contributed by atoms with van der Waals surface area (Å²) in [7, 11) is 0. The summed E-state index contributed by atoms with van der Waals surface area (Å²) in [6.07, 6.45) is 0. The van der Waals surface area contributed by atoms with Gasteiger partial charge in [-0.15, -0.1) is 0 Å². The van der Waals surface area contributed by atoms with Crippen molar-refractivity contribution in [1.29, 1.82) is 0 Å². The lowest BCUT2D eigenvalue weighted by molar-refractivity contribution is 0.262. The Morgan fingerprint density at radius 3 is 2.35 bits per heavy atom. The fraction of sp³-hybridized carbons (Fsp3) is 0. The van der Waals surface area contributed by atoms with E-state index in [9.17, 15) is 4.79 Å². The molecule has 0 saturated carbocycles. The highest BCUT2D eigenvalue weighted by molar-refractivity contribution is 9.10. The quantitative estimate of drug-likeness (QED) is 0.648. The average Bonchev–Trinajstić information content (AvgIpc) is 2.32.